The zero-order chi connectivity index (χ0) is 15.4. The summed E-state index contributed by atoms with van der Waals surface area (Å²) in [6.07, 6.45) is 3.42. The minimum Gasteiger partial charge on any atom is -0.490 e. The molecule has 1 aromatic carbocycles. The van der Waals surface area contributed by atoms with Gasteiger partial charge in [0.2, 0.25) is 0 Å². The molecule has 1 fully saturated rings. The predicted octanol–water partition coefficient (Wildman–Crippen LogP) is 4.23. The highest BCUT2D eigenvalue weighted by Gasteiger charge is 2.25. The fraction of sp³-hybridized carbons (Fsp3) is 0.625. The van der Waals surface area contributed by atoms with E-state index in [0.717, 1.165) is 25.1 Å². The third-order valence-corrected chi connectivity index (χ3v) is 3.92. The number of hydrogen-bond donors (Lipinski definition) is 1. The first-order chi connectivity index (χ1) is 9.97. The van der Waals surface area contributed by atoms with Gasteiger partial charge in [-0.25, -0.2) is 0 Å². The Labute approximate surface area is 125 Å². The van der Waals surface area contributed by atoms with Crippen LogP contribution in [0.2, 0.25) is 0 Å². The number of benzene rings is 1. The van der Waals surface area contributed by atoms with E-state index in [9.17, 15) is 10.1 Å². The molecule has 5 heteroatoms. The Morgan fingerprint density at radius 1 is 1.24 bits per heavy atom. The summed E-state index contributed by atoms with van der Waals surface area (Å²) in [7, 11) is 0. The van der Waals surface area contributed by atoms with E-state index in [4.69, 9.17) is 4.74 Å². The van der Waals surface area contributed by atoms with Crippen molar-refractivity contribution in [2.24, 2.45) is 11.8 Å². The second kappa shape index (κ2) is 6.78. The highest BCUT2D eigenvalue weighted by molar-refractivity contribution is 5.56. The van der Waals surface area contributed by atoms with Crippen molar-refractivity contribution >= 4 is 11.4 Å². The van der Waals surface area contributed by atoms with Crippen LogP contribution in [0.15, 0.2) is 18.2 Å². The van der Waals surface area contributed by atoms with Crippen LogP contribution in [0.1, 0.15) is 40.0 Å². The van der Waals surface area contributed by atoms with Crippen LogP contribution in [0.3, 0.4) is 0 Å². The van der Waals surface area contributed by atoms with E-state index < -0.39 is 0 Å². The van der Waals surface area contributed by atoms with Gasteiger partial charge in [-0.05, 0) is 38.0 Å². The minimum atomic E-state index is -0.375. The minimum absolute atomic E-state index is 0.0698. The fourth-order valence-electron chi connectivity index (χ4n) is 3.22. The number of ether oxygens (including phenoxy) is 1. The molecule has 1 aliphatic carbocycles. The summed E-state index contributed by atoms with van der Waals surface area (Å²) in [6, 6.07) is 4.91. The molecule has 2 unspecified atom stereocenters. The largest absolute Gasteiger partial charge is 0.490 e. The van der Waals surface area contributed by atoms with E-state index >= 15 is 0 Å². The van der Waals surface area contributed by atoms with Gasteiger partial charge in [-0.3, -0.25) is 10.1 Å². The molecular formula is C16H24N2O3. The van der Waals surface area contributed by atoms with Gasteiger partial charge in [-0.15, -0.1) is 0 Å². The zero-order valence-electron chi connectivity index (χ0n) is 13.0. The van der Waals surface area contributed by atoms with Gasteiger partial charge in [0, 0.05) is 24.4 Å². The molecular weight excluding hydrogens is 268 g/mol. The fourth-order valence-corrected chi connectivity index (χ4v) is 3.22. The van der Waals surface area contributed by atoms with Gasteiger partial charge in [-0.1, -0.05) is 13.8 Å². The second-order valence-electron chi connectivity index (χ2n) is 6.16. The molecule has 0 amide bonds. The smallest absolute Gasteiger partial charge is 0.275 e. The van der Waals surface area contributed by atoms with Crippen LogP contribution < -0.4 is 10.1 Å². The average molecular weight is 292 g/mol. The van der Waals surface area contributed by atoms with E-state index in [2.05, 4.69) is 19.2 Å². The van der Waals surface area contributed by atoms with Gasteiger partial charge < -0.3 is 10.1 Å². The number of nitro benzene ring substituents is 1. The van der Waals surface area contributed by atoms with Crippen LogP contribution in [0.25, 0.3) is 0 Å². The molecule has 1 saturated carbocycles. The van der Waals surface area contributed by atoms with Crippen LogP contribution in [0.5, 0.6) is 5.75 Å². The Bertz CT molecular complexity index is 494. The van der Waals surface area contributed by atoms with E-state index in [1.165, 1.54) is 12.5 Å². The number of rotatable bonds is 5. The number of anilines is 1. The lowest BCUT2D eigenvalue weighted by molar-refractivity contribution is -0.384. The summed E-state index contributed by atoms with van der Waals surface area (Å²) >= 11 is 0. The van der Waals surface area contributed by atoms with Crippen molar-refractivity contribution in [3.8, 4) is 5.75 Å². The number of nitrogens with zero attached hydrogens (tertiary/aromatic N) is 1. The van der Waals surface area contributed by atoms with Gasteiger partial charge >= 0.3 is 0 Å². The molecule has 0 radical (unpaired) electrons. The number of nitro groups is 1. The summed E-state index contributed by atoms with van der Waals surface area (Å²) < 4.78 is 6.03. The molecule has 2 atom stereocenters. The molecule has 5 nitrogen and oxygen atoms in total. The Balaban J connectivity index is 2.16. The maximum Gasteiger partial charge on any atom is 0.275 e. The van der Waals surface area contributed by atoms with Crippen LogP contribution in [-0.2, 0) is 0 Å². The Morgan fingerprint density at radius 2 is 1.90 bits per heavy atom. The van der Waals surface area contributed by atoms with Crippen LogP contribution in [-0.4, -0.2) is 17.6 Å². The molecule has 0 heterocycles. The first-order valence-electron chi connectivity index (χ1n) is 7.68. The normalized spacial score (nSPS) is 25.4. The molecule has 2 rings (SSSR count). The second-order valence-corrected chi connectivity index (χ2v) is 6.16. The zero-order valence-corrected chi connectivity index (χ0v) is 13.0. The SMILES string of the molecule is CCNc1cc(OC2CC(C)CC(C)C2)cc([N+](=O)[O-])c1. The van der Waals surface area contributed by atoms with Crippen molar-refractivity contribution in [2.75, 3.05) is 11.9 Å². The number of nitrogens with one attached hydrogen (secondary N) is 1. The first-order valence-corrected chi connectivity index (χ1v) is 7.68. The van der Waals surface area contributed by atoms with Gasteiger partial charge in [0.1, 0.15) is 5.75 Å². The molecule has 0 aromatic heterocycles. The molecule has 1 N–H and O–H groups in total. The van der Waals surface area contributed by atoms with Crippen molar-refractivity contribution < 1.29 is 9.66 Å². The van der Waals surface area contributed by atoms with E-state index in [0.29, 0.717) is 17.6 Å². The maximum absolute atomic E-state index is 11.0. The van der Waals surface area contributed by atoms with Gasteiger partial charge in [-0.2, -0.15) is 0 Å². The molecule has 116 valence electrons. The molecule has 0 aliphatic heterocycles. The Morgan fingerprint density at radius 3 is 2.48 bits per heavy atom. The number of hydrogen-bond acceptors (Lipinski definition) is 4. The van der Waals surface area contributed by atoms with E-state index in [1.807, 2.05) is 13.0 Å². The van der Waals surface area contributed by atoms with Crippen molar-refractivity contribution in [1.29, 1.82) is 0 Å². The quantitative estimate of drug-likeness (QED) is 0.651. The lowest BCUT2D eigenvalue weighted by Crippen LogP contribution is -2.28. The van der Waals surface area contributed by atoms with Crippen LogP contribution >= 0.6 is 0 Å². The van der Waals surface area contributed by atoms with Gasteiger partial charge in [0.15, 0.2) is 0 Å². The van der Waals surface area contributed by atoms with Crippen molar-refractivity contribution in [1.82, 2.24) is 0 Å². The number of non-ortho nitro benzene ring substituents is 1. The molecule has 0 saturated heterocycles. The van der Waals surface area contributed by atoms with Crippen molar-refractivity contribution in [3.05, 3.63) is 28.3 Å². The Kier molecular flexibility index (Phi) is 5.04. The summed E-state index contributed by atoms with van der Waals surface area (Å²) in [5.74, 6) is 1.88. The summed E-state index contributed by atoms with van der Waals surface area (Å²) in [5.41, 5.74) is 0.805. The lowest BCUT2D eigenvalue weighted by Gasteiger charge is -2.31. The first kappa shape index (κ1) is 15.6. The van der Waals surface area contributed by atoms with E-state index in [1.54, 1.807) is 6.07 Å². The van der Waals surface area contributed by atoms with Crippen molar-refractivity contribution in [3.63, 3.8) is 0 Å². The lowest BCUT2D eigenvalue weighted by atomic mass is 9.82. The van der Waals surface area contributed by atoms with Crippen LogP contribution in [0.4, 0.5) is 11.4 Å². The predicted molar refractivity (Wildman–Crippen MR) is 83.9 cm³/mol. The van der Waals surface area contributed by atoms with Gasteiger partial charge in [0.05, 0.1) is 17.1 Å². The summed E-state index contributed by atoms with van der Waals surface area (Å²) in [5, 5.41) is 14.1. The van der Waals surface area contributed by atoms with Crippen LogP contribution in [0, 0.1) is 22.0 Å². The maximum atomic E-state index is 11.0. The third kappa shape index (κ3) is 4.34. The standard InChI is InChI=1S/C16H24N2O3/c1-4-17-13-8-14(18(19)20)10-16(9-13)21-15-6-11(2)5-12(3)7-15/h8-12,15,17H,4-7H2,1-3H3. The summed E-state index contributed by atoms with van der Waals surface area (Å²) in [6.45, 7) is 7.16. The highest BCUT2D eigenvalue weighted by atomic mass is 16.6. The summed E-state index contributed by atoms with van der Waals surface area (Å²) in [4.78, 5) is 10.7. The third-order valence-electron chi connectivity index (χ3n) is 3.92. The topological polar surface area (TPSA) is 64.4 Å². The molecule has 1 aliphatic rings. The molecule has 21 heavy (non-hydrogen) atoms. The van der Waals surface area contributed by atoms with Crippen molar-refractivity contribution in [2.45, 2.75) is 46.1 Å². The highest BCUT2D eigenvalue weighted by Crippen LogP contribution is 2.33. The average Bonchev–Trinajstić information content (AvgIpc) is 2.37. The Hall–Kier alpha value is -1.78. The molecule has 1 aromatic rings. The monoisotopic (exact) mass is 292 g/mol. The van der Waals surface area contributed by atoms with E-state index in [-0.39, 0.29) is 16.7 Å². The molecule has 0 spiro atoms. The molecule has 0 bridgehead atoms. The van der Waals surface area contributed by atoms with Gasteiger partial charge in [0.25, 0.3) is 5.69 Å².